The van der Waals surface area contributed by atoms with Crippen molar-refractivity contribution in [3.05, 3.63) is 0 Å². The first kappa shape index (κ1) is 15.2. The molecule has 90 valence electrons. The lowest BCUT2D eigenvalue weighted by molar-refractivity contribution is 0.554. The Morgan fingerprint density at radius 2 is 1.00 bits per heavy atom. The fraction of sp³-hybridized carbons (Fsp3) is 1.00. The van der Waals surface area contributed by atoms with Crippen LogP contribution in [0.1, 0.15) is 77.6 Å². The molecule has 0 N–H and O–H groups in total. The van der Waals surface area contributed by atoms with Gasteiger partial charge in [-0.15, -0.1) is 0 Å². The minimum Gasteiger partial charge on any atom is -0.0733 e. The Morgan fingerprint density at radius 1 is 0.600 bits per heavy atom. The summed E-state index contributed by atoms with van der Waals surface area (Å²) in [5.41, 5.74) is 0. The molecule has 0 unspecified atom stereocenters. The van der Waals surface area contributed by atoms with Crippen molar-refractivity contribution in [1.82, 2.24) is 0 Å². The molecular formula is C14H30Si. The lowest BCUT2D eigenvalue weighted by Crippen LogP contribution is -1.84. The summed E-state index contributed by atoms with van der Waals surface area (Å²) in [4.78, 5) is 0. The van der Waals surface area contributed by atoms with E-state index in [-0.39, 0.29) is 0 Å². The van der Waals surface area contributed by atoms with Gasteiger partial charge >= 0.3 is 0 Å². The Kier molecular flexibility index (Phi) is 14.4. The molecule has 0 fully saturated rings. The molecule has 0 aromatic rings. The van der Waals surface area contributed by atoms with Crippen LogP contribution in [0, 0.1) is 0 Å². The zero-order chi connectivity index (χ0) is 11.2. The third kappa shape index (κ3) is 14.2. The Labute approximate surface area is 100 Å². The highest BCUT2D eigenvalue weighted by atomic mass is 28.2. The maximum absolute atomic E-state index is 2.32. The fourth-order valence-electron chi connectivity index (χ4n) is 1.97. The molecule has 0 nitrogen and oxygen atoms in total. The molecule has 0 aromatic heterocycles. The Bertz CT molecular complexity index is 89.5. The first-order chi connectivity index (χ1) is 7.41. The highest BCUT2D eigenvalue weighted by Crippen LogP contribution is 2.11. The summed E-state index contributed by atoms with van der Waals surface area (Å²) >= 11 is 0. The van der Waals surface area contributed by atoms with Crippen molar-refractivity contribution >= 4 is 9.52 Å². The van der Waals surface area contributed by atoms with Gasteiger partial charge in [0.15, 0.2) is 0 Å². The highest BCUT2D eigenvalue weighted by molar-refractivity contribution is 6.33. The second kappa shape index (κ2) is 14.2. The molecule has 2 radical (unpaired) electrons. The van der Waals surface area contributed by atoms with E-state index in [1.165, 1.54) is 86.2 Å². The van der Waals surface area contributed by atoms with E-state index in [4.69, 9.17) is 0 Å². The minimum absolute atomic E-state index is 1.17. The van der Waals surface area contributed by atoms with Crippen LogP contribution >= 0.6 is 0 Å². The summed E-state index contributed by atoms with van der Waals surface area (Å²) in [6.45, 7) is 4.60. The molecule has 0 aliphatic rings. The summed E-state index contributed by atoms with van der Waals surface area (Å²) in [7, 11) is 1.17. The summed E-state index contributed by atoms with van der Waals surface area (Å²) in [5.74, 6) is 0. The lowest BCUT2D eigenvalue weighted by Gasteiger charge is -2.01. The third-order valence-electron chi connectivity index (χ3n) is 3.03. The zero-order valence-corrected chi connectivity index (χ0v) is 12.0. The van der Waals surface area contributed by atoms with Crippen molar-refractivity contribution in [2.45, 2.75) is 90.1 Å². The average molecular weight is 226 g/mol. The first-order valence-electron chi connectivity index (χ1n) is 7.06. The van der Waals surface area contributed by atoms with Crippen molar-refractivity contribution in [2.24, 2.45) is 0 Å². The predicted molar refractivity (Wildman–Crippen MR) is 72.9 cm³/mol. The first-order valence-corrected chi connectivity index (χ1v) is 8.77. The second-order valence-corrected chi connectivity index (χ2v) is 5.85. The summed E-state index contributed by atoms with van der Waals surface area (Å²) in [5, 5.41) is 0. The number of hydrogen-bond acceptors (Lipinski definition) is 0. The van der Waals surface area contributed by atoms with E-state index < -0.39 is 0 Å². The van der Waals surface area contributed by atoms with E-state index in [0.29, 0.717) is 0 Å². The molecule has 1 heteroatoms. The molecule has 0 amide bonds. The van der Waals surface area contributed by atoms with E-state index in [2.05, 4.69) is 13.5 Å². The minimum atomic E-state index is 1.17. The highest BCUT2D eigenvalue weighted by Gasteiger charge is 1.92. The number of rotatable bonds is 12. The van der Waals surface area contributed by atoms with Crippen LogP contribution in [-0.4, -0.2) is 9.52 Å². The molecule has 0 heterocycles. The summed E-state index contributed by atoms with van der Waals surface area (Å²) in [6.07, 6.45) is 16.1. The van der Waals surface area contributed by atoms with Gasteiger partial charge in [0.25, 0.3) is 0 Å². The predicted octanol–water partition coefficient (Wildman–Crippen LogP) is 5.47. The van der Waals surface area contributed by atoms with Gasteiger partial charge in [-0.1, -0.05) is 90.1 Å². The van der Waals surface area contributed by atoms with Crippen LogP contribution in [-0.2, 0) is 0 Å². The zero-order valence-electron chi connectivity index (χ0n) is 11.0. The molecule has 15 heavy (non-hydrogen) atoms. The van der Waals surface area contributed by atoms with Gasteiger partial charge in [-0.25, -0.2) is 0 Å². The van der Waals surface area contributed by atoms with Crippen LogP contribution < -0.4 is 0 Å². The third-order valence-corrected chi connectivity index (χ3v) is 3.88. The van der Waals surface area contributed by atoms with Crippen LogP contribution in [0.5, 0.6) is 0 Å². The molecule has 0 aliphatic carbocycles. The molecular weight excluding hydrogens is 196 g/mol. The van der Waals surface area contributed by atoms with Gasteiger partial charge in [-0.05, 0) is 0 Å². The molecule has 0 aromatic carbocycles. The normalized spacial score (nSPS) is 10.8. The van der Waals surface area contributed by atoms with Crippen LogP contribution in [0.2, 0.25) is 12.6 Å². The fourth-order valence-corrected chi connectivity index (χ4v) is 2.57. The molecule has 0 bridgehead atoms. The molecule has 0 saturated heterocycles. The van der Waals surface area contributed by atoms with Gasteiger partial charge in [-0.3, -0.25) is 0 Å². The van der Waals surface area contributed by atoms with Gasteiger partial charge in [0.1, 0.15) is 0 Å². The standard InChI is InChI=1S/C14H30Si/c1-3-4-5-6-7-8-9-10-11-12-13-14-15-2/h3-14H2,1-2H3. The molecule has 0 saturated carbocycles. The van der Waals surface area contributed by atoms with Gasteiger partial charge in [0, 0.05) is 9.52 Å². The van der Waals surface area contributed by atoms with E-state index in [1.54, 1.807) is 0 Å². The monoisotopic (exact) mass is 226 g/mol. The van der Waals surface area contributed by atoms with Gasteiger partial charge in [0.05, 0.1) is 0 Å². The maximum Gasteiger partial charge on any atom is 0.0342 e. The topological polar surface area (TPSA) is 0 Å². The Hall–Kier alpha value is 0.217. The van der Waals surface area contributed by atoms with Crippen LogP contribution in [0.15, 0.2) is 0 Å². The molecule has 0 spiro atoms. The van der Waals surface area contributed by atoms with Gasteiger partial charge in [0.2, 0.25) is 0 Å². The summed E-state index contributed by atoms with van der Waals surface area (Å²) < 4.78 is 0. The van der Waals surface area contributed by atoms with E-state index >= 15 is 0 Å². The average Bonchev–Trinajstić information content (AvgIpc) is 2.26. The molecule has 0 rings (SSSR count). The Balaban J connectivity index is 2.81. The van der Waals surface area contributed by atoms with E-state index in [0.717, 1.165) is 0 Å². The van der Waals surface area contributed by atoms with Crippen molar-refractivity contribution < 1.29 is 0 Å². The van der Waals surface area contributed by atoms with Crippen molar-refractivity contribution in [1.29, 1.82) is 0 Å². The van der Waals surface area contributed by atoms with Crippen LogP contribution in [0.4, 0.5) is 0 Å². The van der Waals surface area contributed by atoms with E-state index in [1.807, 2.05) is 0 Å². The summed E-state index contributed by atoms with van der Waals surface area (Å²) in [6, 6.07) is 1.47. The van der Waals surface area contributed by atoms with Gasteiger partial charge in [-0.2, -0.15) is 0 Å². The van der Waals surface area contributed by atoms with Crippen molar-refractivity contribution in [3.8, 4) is 0 Å². The van der Waals surface area contributed by atoms with Crippen molar-refractivity contribution in [2.75, 3.05) is 0 Å². The quantitative estimate of drug-likeness (QED) is 0.306. The smallest absolute Gasteiger partial charge is 0.0342 e. The second-order valence-electron chi connectivity index (χ2n) is 4.64. The maximum atomic E-state index is 2.32. The van der Waals surface area contributed by atoms with Crippen LogP contribution in [0.3, 0.4) is 0 Å². The lowest BCUT2D eigenvalue weighted by atomic mass is 10.1. The van der Waals surface area contributed by atoms with Gasteiger partial charge < -0.3 is 0 Å². The van der Waals surface area contributed by atoms with E-state index in [9.17, 15) is 0 Å². The largest absolute Gasteiger partial charge is 0.0733 e. The number of hydrogen-bond donors (Lipinski definition) is 0. The van der Waals surface area contributed by atoms with Crippen molar-refractivity contribution in [3.63, 3.8) is 0 Å². The molecule has 0 atom stereocenters. The van der Waals surface area contributed by atoms with Crippen LogP contribution in [0.25, 0.3) is 0 Å². The SMILES string of the molecule is CCCCCCCCCCCCC[Si]C. The molecule has 0 aliphatic heterocycles. The number of unbranched alkanes of at least 4 members (excludes halogenated alkanes) is 10. The Morgan fingerprint density at radius 3 is 1.40 bits per heavy atom.